The van der Waals surface area contributed by atoms with Crippen LogP contribution in [-0.2, 0) is 14.3 Å². The van der Waals surface area contributed by atoms with Gasteiger partial charge in [-0.15, -0.1) is 0 Å². The van der Waals surface area contributed by atoms with Gasteiger partial charge < -0.3 is 25.6 Å². The Morgan fingerprint density at radius 3 is 2.05 bits per heavy atom. The van der Waals surface area contributed by atoms with Crippen LogP contribution in [0.4, 0.5) is 21.9 Å². The second kappa shape index (κ2) is 10.1. The van der Waals surface area contributed by atoms with Crippen molar-refractivity contribution in [2.45, 2.75) is 38.0 Å². The Labute approximate surface area is 217 Å². The van der Waals surface area contributed by atoms with Gasteiger partial charge in [0.05, 0.1) is 17.9 Å². The number of benzene rings is 3. The molecule has 8 heteroatoms. The molecule has 0 spiro atoms. The number of fused-ring (bicyclic) bond motifs is 1. The Morgan fingerprint density at radius 2 is 1.46 bits per heavy atom. The van der Waals surface area contributed by atoms with Crippen LogP contribution in [0.2, 0.25) is 0 Å². The molecule has 2 atom stereocenters. The molecule has 0 bridgehead atoms. The molecule has 0 saturated heterocycles. The summed E-state index contributed by atoms with van der Waals surface area (Å²) in [6.07, 6.45) is -0.782. The van der Waals surface area contributed by atoms with Gasteiger partial charge in [-0.25, -0.2) is 4.79 Å². The predicted octanol–water partition coefficient (Wildman–Crippen LogP) is 4.33. The average Bonchev–Trinajstić information content (AvgIpc) is 2.96. The molecule has 3 aromatic rings. The van der Waals surface area contributed by atoms with Gasteiger partial charge >= 0.3 is 6.09 Å². The van der Waals surface area contributed by atoms with E-state index >= 15 is 0 Å². The summed E-state index contributed by atoms with van der Waals surface area (Å²) < 4.78 is 5.43. The van der Waals surface area contributed by atoms with E-state index in [1.807, 2.05) is 59.5 Å². The van der Waals surface area contributed by atoms with Crippen LogP contribution in [0.25, 0.3) is 0 Å². The molecule has 192 valence electrons. The molecular formula is C29H32N4O4. The lowest BCUT2D eigenvalue weighted by atomic mass is 9.85. The number of likely N-dealkylation sites (N-methyl/N-ethyl adjacent to an activating group) is 1. The number of anilines is 3. The Kier molecular flexibility index (Phi) is 7.05. The van der Waals surface area contributed by atoms with Crippen LogP contribution in [0.1, 0.15) is 32.4 Å². The second-order valence-electron chi connectivity index (χ2n) is 10.1. The van der Waals surface area contributed by atoms with Crippen molar-refractivity contribution in [3.05, 3.63) is 90.5 Å². The third-order valence-corrected chi connectivity index (χ3v) is 6.19. The maximum atomic E-state index is 14.3. The van der Waals surface area contributed by atoms with E-state index < -0.39 is 35.0 Å². The maximum Gasteiger partial charge on any atom is 0.408 e. The maximum absolute atomic E-state index is 14.3. The van der Waals surface area contributed by atoms with Gasteiger partial charge in [0, 0.05) is 12.7 Å². The van der Waals surface area contributed by atoms with Crippen LogP contribution in [0.15, 0.2) is 84.9 Å². The highest BCUT2D eigenvalue weighted by Gasteiger charge is 2.51. The summed E-state index contributed by atoms with van der Waals surface area (Å²) in [7, 11) is 1.60. The minimum absolute atomic E-state index is 0.130. The highest BCUT2D eigenvalue weighted by Crippen LogP contribution is 2.39. The van der Waals surface area contributed by atoms with E-state index in [4.69, 9.17) is 10.5 Å². The van der Waals surface area contributed by atoms with Crippen molar-refractivity contribution in [3.8, 4) is 0 Å². The first kappa shape index (κ1) is 25.9. The molecule has 0 aromatic heterocycles. The van der Waals surface area contributed by atoms with Crippen LogP contribution >= 0.6 is 0 Å². The summed E-state index contributed by atoms with van der Waals surface area (Å²) in [5.41, 5.74) is 6.65. The molecule has 0 saturated carbocycles. The lowest BCUT2D eigenvalue weighted by molar-refractivity contribution is -0.135. The highest BCUT2D eigenvalue weighted by atomic mass is 16.6. The van der Waals surface area contributed by atoms with Gasteiger partial charge in [-0.2, -0.15) is 0 Å². The smallest absolute Gasteiger partial charge is 0.408 e. The molecule has 8 nitrogen and oxygen atoms in total. The lowest BCUT2D eigenvalue weighted by Crippen LogP contribution is -2.66. The number of rotatable bonds is 5. The van der Waals surface area contributed by atoms with Crippen LogP contribution < -0.4 is 20.9 Å². The number of nitrogens with zero attached hydrogens (tertiary/aromatic N) is 2. The number of alkyl carbamates (subject to hydrolysis) is 1. The first-order valence-corrected chi connectivity index (χ1v) is 12.1. The summed E-state index contributed by atoms with van der Waals surface area (Å²) in [5, 5.41) is 2.66. The molecule has 2 amide bonds. The van der Waals surface area contributed by atoms with Crippen molar-refractivity contribution in [1.82, 2.24) is 5.32 Å². The monoisotopic (exact) mass is 500 g/mol. The van der Waals surface area contributed by atoms with Crippen LogP contribution in [0, 0.1) is 0 Å². The van der Waals surface area contributed by atoms with Crippen molar-refractivity contribution in [2.75, 3.05) is 23.4 Å². The Balaban J connectivity index is 1.80. The summed E-state index contributed by atoms with van der Waals surface area (Å²) >= 11 is 0. The highest BCUT2D eigenvalue weighted by molar-refractivity contribution is 6.20. The van der Waals surface area contributed by atoms with E-state index in [2.05, 4.69) is 5.32 Å². The zero-order chi connectivity index (χ0) is 26.8. The average molecular weight is 501 g/mol. The molecule has 0 radical (unpaired) electrons. The van der Waals surface area contributed by atoms with E-state index in [1.54, 1.807) is 58.2 Å². The normalized spacial score (nSPS) is 18.5. The number of amides is 2. The number of nitrogens with one attached hydrogen (secondary N) is 1. The largest absolute Gasteiger partial charge is 0.444 e. The quantitative estimate of drug-likeness (QED) is 0.505. The van der Waals surface area contributed by atoms with Gasteiger partial charge in [0.2, 0.25) is 0 Å². The van der Waals surface area contributed by atoms with Gasteiger partial charge in [0.15, 0.2) is 11.3 Å². The summed E-state index contributed by atoms with van der Waals surface area (Å²) in [6.45, 7) is 5.06. The lowest BCUT2D eigenvalue weighted by Gasteiger charge is -2.35. The molecule has 1 aliphatic heterocycles. The number of nitrogens with two attached hydrogens (primary N) is 1. The molecule has 0 fully saturated rings. The van der Waals surface area contributed by atoms with E-state index in [1.165, 1.54) is 4.90 Å². The SMILES string of the molecule is CN1C(=O)C(N)(C(=O)[C@@H](NC(=O)OC(C)(C)C)c2ccccc2)CN(c2ccccc2)c2ccccc21. The van der Waals surface area contributed by atoms with Crippen molar-refractivity contribution in [2.24, 2.45) is 5.73 Å². The first-order valence-electron chi connectivity index (χ1n) is 12.1. The van der Waals surface area contributed by atoms with Crippen molar-refractivity contribution in [1.29, 1.82) is 0 Å². The Bertz CT molecular complexity index is 1290. The Hall–Kier alpha value is -4.17. The molecule has 4 rings (SSSR count). The third kappa shape index (κ3) is 5.34. The molecular weight excluding hydrogens is 468 g/mol. The van der Waals surface area contributed by atoms with E-state index in [-0.39, 0.29) is 6.54 Å². The van der Waals surface area contributed by atoms with Gasteiger partial charge in [0.1, 0.15) is 11.6 Å². The number of ether oxygens (including phenoxy) is 1. The van der Waals surface area contributed by atoms with Gasteiger partial charge in [-0.1, -0.05) is 60.7 Å². The van der Waals surface area contributed by atoms with Crippen molar-refractivity contribution >= 4 is 34.8 Å². The fraction of sp³-hybridized carbons (Fsp3) is 0.276. The Morgan fingerprint density at radius 1 is 0.919 bits per heavy atom. The number of ketones is 1. The minimum atomic E-state index is -2.00. The number of carbonyl (C=O) groups is 3. The number of Topliss-reactive ketones (excluding diaryl/α,β-unsaturated/α-hetero) is 1. The van der Waals surface area contributed by atoms with Crippen LogP contribution in [0.3, 0.4) is 0 Å². The molecule has 1 heterocycles. The zero-order valence-corrected chi connectivity index (χ0v) is 21.5. The zero-order valence-electron chi connectivity index (χ0n) is 21.5. The molecule has 1 aliphatic rings. The standard InChI is InChI=1S/C29H32N4O4/c1-28(2,3)37-27(36)31-24(20-13-7-5-8-14-20)25(34)29(30)19-33(21-15-9-6-10-16-21)23-18-12-11-17-22(23)32(4)26(29)35/h5-18,24H,19,30H2,1-4H3,(H,31,36)/t24-,29?/m0/s1. The van der Waals surface area contributed by atoms with Gasteiger partial charge in [-0.05, 0) is 50.6 Å². The van der Waals surface area contributed by atoms with E-state index in [0.29, 0.717) is 11.3 Å². The van der Waals surface area contributed by atoms with Crippen LogP contribution in [-0.4, -0.2) is 42.5 Å². The minimum Gasteiger partial charge on any atom is -0.444 e. The molecule has 0 aliphatic carbocycles. The summed E-state index contributed by atoms with van der Waals surface area (Å²) in [4.78, 5) is 44.3. The van der Waals surface area contributed by atoms with E-state index in [9.17, 15) is 14.4 Å². The third-order valence-electron chi connectivity index (χ3n) is 6.19. The molecule has 37 heavy (non-hydrogen) atoms. The fourth-order valence-electron chi connectivity index (χ4n) is 4.44. The fourth-order valence-corrected chi connectivity index (χ4v) is 4.44. The number of hydrogen-bond acceptors (Lipinski definition) is 6. The molecule has 3 aromatic carbocycles. The summed E-state index contributed by atoms with van der Waals surface area (Å²) in [6, 6.07) is 24.3. The summed E-state index contributed by atoms with van der Waals surface area (Å²) in [5.74, 6) is -1.22. The van der Waals surface area contributed by atoms with Gasteiger partial charge in [0.25, 0.3) is 5.91 Å². The number of hydrogen-bond donors (Lipinski definition) is 2. The predicted molar refractivity (Wildman–Crippen MR) is 144 cm³/mol. The topological polar surface area (TPSA) is 105 Å². The molecule has 1 unspecified atom stereocenters. The first-order chi connectivity index (χ1) is 17.5. The van der Waals surface area contributed by atoms with Crippen molar-refractivity contribution in [3.63, 3.8) is 0 Å². The van der Waals surface area contributed by atoms with Crippen molar-refractivity contribution < 1.29 is 19.1 Å². The number of para-hydroxylation sites is 3. The van der Waals surface area contributed by atoms with Gasteiger partial charge in [-0.3, -0.25) is 9.59 Å². The second-order valence-corrected chi connectivity index (χ2v) is 10.1. The van der Waals surface area contributed by atoms with E-state index in [0.717, 1.165) is 11.4 Å². The van der Waals surface area contributed by atoms with Crippen LogP contribution in [0.5, 0.6) is 0 Å². The number of carbonyl (C=O) groups excluding carboxylic acids is 3. The molecule has 3 N–H and O–H groups in total.